The third-order valence-electron chi connectivity index (χ3n) is 3.71. The van der Waals surface area contributed by atoms with Gasteiger partial charge in [-0.05, 0) is 30.7 Å². The maximum atomic E-state index is 11.8. The van der Waals surface area contributed by atoms with Gasteiger partial charge in [0.25, 0.3) is 0 Å². The van der Waals surface area contributed by atoms with Crippen LogP contribution in [-0.4, -0.2) is 56.7 Å². The molecule has 2 rings (SSSR count). The molecule has 1 heterocycles. The fourth-order valence-electron chi connectivity index (χ4n) is 2.40. The van der Waals surface area contributed by atoms with Crippen LogP contribution in [0.25, 0.3) is 0 Å². The summed E-state index contributed by atoms with van der Waals surface area (Å²) < 4.78 is 5.29. The summed E-state index contributed by atoms with van der Waals surface area (Å²) in [5.41, 5.74) is 2.10. The molecule has 1 aromatic rings. The zero-order valence-electron chi connectivity index (χ0n) is 13.0. The number of aryl methyl sites for hydroxylation is 1. The van der Waals surface area contributed by atoms with Crippen LogP contribution in [0.1, 0.15) is 12.0 Å². The monoisotopic (exact) mass is 325 g/mol. The van der Waals surface area contributed by atoms with Crippen molar-refractivity contribution in [3.63, 3.8) is 0 Å². The Morgan fingerprint density at radius 3 is 2.82 bits per heavy atom. The molecule has 0 aliphatic carbocycles. The highest BCUT2D eigenvalue weighted by Gasteiger charge is 2.10. The van der Waals surface area contributed by atoms with Crippen LogP contribution in [0.4, 0.5) is 5.69 Å². The summed E-state index contributed by atoms with van der Waals surface area (Å²) in [6.07, 6.45) is 0.463. The van der Waals surface area contributed by atoms with Crippen LogP contribution >= 0.6 is 11.6 Å². The number of carbonyl (C=O) groups excluding carboxylic acids is 1. The van der Waals surface area contributed by atoms with E-state index in [1.54, 1.807) is 0 Å². The molecule has 0 spiro atoms. The Morgan fingerprint density at radius 1 is 1.32 bits per heavy atom. The second kappa shape index (κ2) is 8.98. The third-order valence-corrected chi connectivity index (χ3v) is 3.94. The molecule has 0 saturated carbocycles. The zero-order chi connectivity index (χ0) is 15.8. The first-order valence-corrected chi connectivity index (χ1v) is 8.10. The van der Waals surface area contributed by atoms with Gasteiger partial charge in [-0.2, -0.15) is 0 Å². The van der Waals surface area contributed by atoms with Crippen molar-refractivity contribution in [3.05, 3.63) is 28.8 Å². The third kappa shape index (κ3) is 5.83. The average Bonchev–Trinajstić information content (AvgIpc) is 2.50. The van der Waals surface area contributed by atoms with Gasteiger partial charge >= 0.3 is 0 Å². The maximum Gasteiger partial charge on any atom is 0.221 e. The van der Waals surface area contributed by atoms with E-state index in [1.807, 2.05) is 25.1 Å². The van der Waals surface area contributed by atoms with E-state index in [4.69, 9.17) is 16.3 Å². The van der Waals surface area contributed by atoms with Gasteiger partial charge in [-0.3, -0.25) is 9.69 Å². The van der Waals surface area contributed by atoms with E-state index < -0.39 is 0 Å². The second-order valence-corrected chi connectivity index (χ2v) is 5.88. The highest BCUT2D eigenvalue weighted by Crippen LogP contribution is 2.19. The van der Waals surface area contributed by atoms with Crippen molar-refractivity contribution >= 4 is 23.2 Å². The lowest BCUT2D eigenvalue weighted by molar-refractivity contribution is -0.120. The number of hydrogen-bond donors (Lipinski definition) is 2. The van der Waals surface area contributed by atoms with E-state index >= 15 is 0 Å². The smallest absolute Gasteiger partial charge is 0.221 e. The minimum absolute atomic E-state index is 0.0763. The molecular formula is C16H24ClN3O2. The van der Waals surface area contributed by atoms with Crippen molar-refractivity contribution in [2.24, 2.45) is 0 Å². The highest BCUT2D eigenvalue weighted by molar-refractivity contribution is 6.30. The number of nitrogens with zero attached hydrogens (tertiary/aromatic N) is 1. The van der Waals surface area contributed by atoms with Gasteiger partial charge in [0.05, 0.1) is 13.2 Å². The van der Waals surface area contributed by atoms with Gasteiger partial charge in [0.2, 0.25) is 5.91 Å². The van der Waals surface area contributed by atoms with E-state index in [-0.39, 0.29) is 5.91 Å². The van der Waals surface area contributed by atoms with Crippen molar-refractivity contribution < 1.29 is 9.53 Å². The molecule has 1 amide bonds. The number of rotatable bonds is 7. The molecule has 0 unspecified atom stereocenters. The summed E-state index contributed by atoms with van der Waals surface area (Å²) in [6, 6.07) is 5.69. The molecule has 22 heavy (non-hydrogen) atoms. The van der Waals surface area contributed by atoms with E-state index in [0.717, 1.165) is 49.1 Å². The minimum Gasteiger partial charge on any atom is -0.384 e. The Bertz CT molecular complexity index is 490. The molecule has 0 aromatic heterocycles. The number of carbonyl (C=O) groups is 1. The van der Waals surface area contributed by atoms with E-state index in [1.165, 1.54) is 0 Å². The quantitative estimate of drug-likeness (QED) is 0.804. The summed E-state index contributed by atoms with van der Waals surface area (Å²) in [4.78, 5) is 14.1. The van der Waals surface area contributed by atoms with Gasteiger partial charge in [-0.15, -0.1) is 0 Å². The van der Waals surface area contributed by atoms with Crippen LogP contribution < -0.4 is 10.6 Å². The maximum absolute atomic E-state index is 11.8. The van der Waals surface area contributed by atoms with Gasteiger partial charge in [-0.1, -0.05) is 11.6 Å². The lowest BCUT2D eigenvalue weighted by atomic mass is 10.2. The summed E-state index contributed by atoms with van der Waals surface area (Å²) in [6.45, 7) is 7.68. The standard InChI is InChI=1S/C16H24ClN3O2/c1-13-12-14(17)2-3-15(13)18-5-4-16(21)19-6-7-20-8-10-22-11-9-20/h2-3,12,18H,4-11H2,1H3,(H,19,21). The Morgan fingerprint density at radius 2 is 2.09 bits per heavy atom. The SMILES string of the molecule is Cc1cc(Cl)ccc1NCCC(=O)NCCN1CCOCC1. The Kier molecular flexibility index (Phi) is 6.96. The molecule has 1 aliphatic rings. The molecule has 0 radical (unpaired) electrons. The fourth-order valence-corrected chi connectivity index (χ4v) is 2.63. The van der Waals surface area contributed by atoms with E-state index in [0.29, 0.717) is 19.5 Å². The number of nitrogens with one attached hydrogen (secondary N) is 2. The number of amides is 1. The number of benzene rings is 1. The molecule has 122 valence electrons. The fraction of sp³-hybridized carbons (Fsp3) is 0.562. The topological polar surface area (TPSA) is 53.6 Å². The molecule has 1 saturated heterocycles. The Balaban J connectivity index is 1.59. The molecule has 1 fully saturated rings. The normalized spacial score (nSPS) is 15.5. The van der Waals surface area contributed by atoms with Crippen molar-refractivity contribution in [2.75, 3.05) is 51.3 Å². The summed E-state index contributed by atoms with van der Waals surface area (Å²) >= 11 is 5.92. The molecule has 6 heteroatoms. The predicted molar refractivity (Wildman–Crippen MR) is 89.6 cm³/mol. The molecule has 0 atom stereocenters. The van der Waals surface area contributed by atoms with E-state index in [2.05, 4.69) is 15.5 Å². The van der Waals surface area contributed by atoms with Crippen molar-refractivity contribution in [3.8, 4) is 0 Å². The van der Waals surface area contributed by atoms with Crippen molar-refractivity contribution in [1.82, 2.24) is 10.2 Å². The molecule has 0 bridgehead atoms. The minimum atomic E-state index is 0.0763. The first-order chi connectivity index (χ1) is 10.6. The molecule has 1 aliphatic heterocycles. The van der Waals surface area contributed by atoms with Gasteiger partial charge in [-0.25, -0.2) is 0 Å². The lowest BCUT2D eigenvalue weighted by Crippen LogP contribution is -2.41. The Labute approximate surface area is 137 Å². The second-order valence-electron chi connectivity index (χ2n) is 5.44. The molecule has 5 nitrogen and oxygen atoms in total. The number of halogens is 1. The zero-order valence-corrected chi connectivity index (χ0v) is 13.8. The van der Waals surface area contributed by atoms with Crippen molar-refractivity contribution in [2.45, 2.75) is 13.3 Å². The molecular weight excluding hydrogens is 302 g/mol. The Hall–Kier alpha value is -1.30. The highest BCUT2D eigenvalue weighted by atomic mass is 35.5. The van der Waals surface area contributed by atoms with Crippen LogP contribution in [-0.2, 0) is 9.53 Å². The summed E-state index contributed by atoms with van der Waals surface area (Å²) in [5, 5.41) is 6.95. The summed E-state index contributed by atoms with van der Waals surface area (Å²) in [7, 11) is 0. The van der Waals surface area contributed by atoms with Gasteiger partial charge in [0, 0.05) is 49.9 Å². The predicted octanol–water partition coefficient (Wildman–Crippen LogP) is 1.90. The molecule has 1 aromatic carbocycles. The van der Waals surface area contributed by atoms with Gasteiger partial charge in [0.1, 0.15) is 0 Å². The first kappa shape index (κ1) is 17.1. The van der Waals surface area contributed by atoms with Crippen molar-refractivity contribution in [1.29, 1.82) is 0 Å². The van der Waals surface area contributed by atoms with Crippen LogP contribution in [0.15, 0.2) is 18.2 Å². The molecule has 2 N–H and O–H groups in total. The van der Waals surface area contributed by atoms with Crippen LogP contribution in [0.2, 0.25) is 5.02 Å². The number of morpholine rings is 1. The van der Waals surface area contributed by atoms with Gasteiger partial charge in [0.15, 0.2) is 0 Å². The van der Waals surface area contributed by atoms with E-state index in [9.17, 15) is 4.79 Å². The number of anilines is 1. The summed E-state index contributed by atoms with van der Waals surface area (Å²) in [5.74, 6) is 0.0763. The number of ether oxygens (including phenoxy) is 1. The number of hydrogen-bond acceptors (Lipinski definition) is 4. The van der Waals surface area contributed by atoms with Crippen LogP contribution in [0.5, 0.6) is 0 Å². The average molecular weight is 326 g/mol. The lowest BCUT2D eigenvalue weighted by Gasteiger charge is -2.26. The largest absolute Gasteiger partial charge is 0.384 e. The van der Waals surface area contributed by atoms with Crippen LogP contribution in [0.3, 0.4) is 0 Å². The van der Waals surface area contributed by atoms with Gasteiger partial charge < -0.3 is 15.4 Å². The first-order valence-electron chi connectivity index (χ1n) is 7.72. The van der Waals surface area contributed by atoms with Crippen LogP contribution in [0, 0.1) is 6.92 Å².